The van der Waals surface area contributed by atoms with Crippen molar-refractivity contribution in [1.82, 2.24) is 9.38 Å². The highest BCUT2D eigenvalue weighted by Gasteiger charge is 2.04. The van der Waals surface area contributed by atoms with Gasteiger partial charge in [-0.2, -0.15) is 0 Å². The normalized spacial score (nSPS) is 11.0. The van der Waals surface area contributed by atoms with E-state index in [1.54, 1.807) is 6.20 Å². The van der Waals surface area contributed by atoms with Crippen LogP contribution < -0.4 is 5.73 Å². The van der Waals surface area contributed by atoms with Gasteiger partial charge in [0.1, 0.15) is 5.82 Å². The number of aryl methyl sites for hydroxylation is 1. The standard InChI is InChI=1S/C10H12ClN3/c11-8-3-2-6-14-9(8)7-13-10(14)4-1-5-12/h2-3,6-7H,1,4-5,12H2. The van der Waals surface area contributed by atoms with Crippen molar-refractivity contribution in [2.75, 3.05) is 6.54 Å². The molecule has 2 aromatic heterocycles. The monoisotopic (exact) mass is 209 g/mol. The zero-order chi connectivity index (χ0) is 9.97. The molecule has 0 aliphatic rings. The van der Waals surface area contributed by atoms with E-state index in [4.69, 9.17) is 17.3 Å². The first kappa shape index (κ1) is 9.49. The highest BCUT2D eigenvalue weighted by atomic mass is 35.5. The first-order chi connectivity index (χ1) is 6.83. The number of halogens is 1. The summed E-state index contributed by atoms with van der Waals surface area (Å²) in [5.41, 5.74) is 6.42. The van der Waals surface area contributed by atoms with E-state index in [0.29, 0.717) is 6.54 Å². The molecule has 0 radical (unpaired) electrons. The molecule has 0 unspecified atom stereocenters. The van der Waals surface area contributed by atoms with Gasteiger partial charge in [0.2, 0.25) is 0 Å². The molecule has 2 N–H and O–H groups in total. The largest absolute Gasteiger partial charge is 0.330 e. The second kappa shape index (κ2) is 3.98. The van der Waals surface area contributed by atoms with Crippen molar-refractivity contribution in [2.24, 2.45) is 5.73 Å². The van der Waals surface area contributed by atoms with E-state index in [1.165, 1.54) is 0 Å². The molecular formula is C10H12ClN3. The number of nitrogens with zero attached hydrogens (tertiary/aromatic N) is 2. The molecule has 2 aromatic rings. The molecule has 74 valence electrons. The molecule has 0 atom stereocenters. The van der Waals surface area contributed by atoms with Crippen LogP contribution in [0.2, 0.25) is 5.02 Å². The van der Waals surface area contributed by atoms with Crippen LogP contribution in [0, 0.1) is 0 Å². The molecule has 0 aromatic carbocycles. The molecule has 0 fully saturated rings. The van der Waals surface area contributed by atoms with Gasteiger partial charge in [0.05, 0.1) is 16.7 Å². The van der Waals surface area contributed by atoms with Gasteiger partial charge in [-0.25, -0.2) is 4.98 Å². The fraction of sp³-hybridized carbons (Fsp3) is 0.300. The van der Waals surface area contributed by atoms with Crippen LogP contribution in [0.25, 0.3) is 5.52 Å². The van der Waals surface area contributed by atoms with Gasteiger partial charge in [0.25, 0.3) is 0 Å². The zero-order valence-corrected chi connectivity index (χ0v) is 8.54. The summed E-state index contributed by atoms with van der Waals surface area (Å²) in [5, 5.41) is 0.735. The molecule has 4 heteroatoms. The van der Waals surface area contributed by atoms with Gasteiger partial charge in [-0.15, -0.1) is 0 Å². The summed E-state index contributed by atoms with van der Waals surface area (Å²) >= 11 is 6.02. The third-order valence-electron chi connectivity index (χ3n) is 2.20. The van der Waals surface area contributed by atoms with Gasteiger partial charge in [-0.3, -0.25) is 0 Å². The minimum atomic E-state index is 0.690. The average molecular weight is 210 g/mol. The molecule has 0 bridgehead atoms. The minimum Gasteiger partial charge on any atom is -0.330 e. The molecule has 2 rings (SSSR count). The summed E-state index contributed by atoms with van der Waals surface area (Å²) in [5.74, 6) is 1.02. The first-order valence-electron chi connectivity index (χ1n) is 4.63. The van der Waals surface area contributed by atoms with Crippen LogP contribution in [-0.2, 0) is 6.42 Å². The lowest BCUT2D eigenvalue weighted by Crippen LogP contribution is -2.03. The van der Waals surface area contributed by atoms with Crippen LogP contribution in [0.3, 0.4) is 0 Å². The maximum atomic E-state index is 6.02. The van der Waals surface area contributed by atoms with E-state index < -0.39 is 0 Å². The quantitative estimate of drug-likeness (QED) is 0.839. The van der Waals surface area contributed by atoms with Gasteiger partial charge in [0.15, 0.2) is 0 Å². The highest BCUT2D eigenvalue weighted by molar-refractivity contribution is 6.33. The fourth-order valence-corrected chi connectivity index (χ4v) is 1.70. The third kappa shape index (κ3) is 1.61. The molecule has 0 aliphatic heterocycles. The van der Waals surface area contributed by atoms with Crippen molar-refractivity contribution >= 4 is 17.1 Å². The van der Waals surface area contributed by atoms with Crippen molar-refractivity contribution in [2.45, 2.75) is 12.8 Å². The number of imidazole rings is 1. The van der Waals surface area contributed by atoms with Gasteiger partial charge >= 0.3 is 0 Å². The first-order valence-corrected chi connectivity index (χ1v) is 5.01. The Kier molecular flexibility index (Phi) is 2.70. The van der Waals surface area contributed by atoms with Crippen LogP contribution in [0.4, 0.5) is 0 Å². The van der Waals surface area contributed by atoms with Gasteiger partial charge < -0.3 is 10.1 Å². The lowest BCUT2D eigenvalue weighted by atomic mass is 10.3. The number of fused-ring (bicyclic) bond motifs is 1. The predicted octanol–water partition coefficient (Wildman–Crippen LogP) is 1.88. The smallest absolute Gasteiger partial charge is 0.113 e. The fourth-order valence-electron chi connectivity index (χ4n) is 1.49. The Morgan fingerprint density at radius 1 is 1.50 bits per heavy atom. The Hall–Kier alpha value is -1.06. The van der Waals surface area contributed by atoms with Gasteiger partial charge in [-0.05, 0) is 25.1 Å². The molecule has 0 spiro atoms. The molecule has 0 saturated heterocycles. The second-order valence-electron chi connectivity index (χ2n) is 3.18. The Labute approximate surface area is 87.5 Å². The lowest BCUT2D eigenvalue weighted by molar-refractivity contribution is 0.778. The highest BCUT2D eigenvalue weighted by Crippen LogP contribution is 2.18. The lowest BCUT2D eigenvalue weighted by Gasteiger charge is -2.00. The van der Waals surface area contributed by atoms with E-state index >= 15 is 0 Å². The summed E-state index contributed by atoms with van der Waals surface area (Å²) in [7, 11) is 0. The minimum absolute atomic E-state index is 0.690. The van der Waals surface area contributed by atoms with E-state index in [-0.39, 0.29) is 0 Å². The van der Waals surface area contributed by atoms with E-state index in [0.717, 1.165) is 29.2 Å². The summed E-state index contributed by atoms with van der Waals surface area (Å²) in [6.07, 6.45) is 5.62. The number of pyridine rings is 1. The number of rotatable bonds is 3. The van der Waals surface area contributed by atoms with Crippen molar-refractivity contribution in [3.63, 3.8) is 0 Å². The molecular weight excluding hydrogens is 198 g/mol. The SMILES string of the molecule is NCCCc1ncc2c(Cl)cccn12. The number of aromatic nitrogens is 2. The average Bonchev–Trinajstić information content (AvgIpc) is 2.60. The molecule has 0 aliphatic carbocycles. The summed E-state index contributed by atoms with van der Waals surface area (Å²) < 4.78 is 2.01. The molecule has 14 heavy (non-hydrogen) atoms. The third-order valence-corrected chi connectivity index (χ3v) is 2.52. The van der Waals surface area contributed by atoms with E-state index in [1.807, 2.05) is 22.7 Å². The van der Waals surface area contributed by atoms with Crippen LogP contribution >= 0.6 is 11.6 Å². The van der Waals surface area contributed by atoms with Crippen LogP contribution in [0.5, 0.6) is 0 Å². The van der Waals surface area contributed by atoms with E-state index in [2.05, 4.69) is 4.98 Å². The van der Waals surface area contributed by atoms with Crippen LogP contribution in [-0.4, -0.2) is 15.9 Å². The molecule has 3 nitrogen and oxygen atoms in total. The van der Waals surface area contributed by atoms with Crippen LogP contribution in [0.1, 0.15) is 12.2 Å². The Morgan fingerprint density at radius 2 is 2.36 bits per heavy atom. The summed E-state index contributed by atoms with van der Waals surface area (Å²) in [6.45, 7) is 0.690. The van der Waals surface area contributed by atoms with Crippen molar-refractivity contribution < 1.29 is 0 Å². The zero-order valence-electron chi connectivity index (χ0n) is 7.78. The number of nitrogens with two attached hydrogens (primary N) is 1. The number of hydrogen-bond acceptors (Lipinski definition) is 2. The Morgan fingerprint density at radius 3 is 3.14 bits per heavy atom. The predicted molar refractivity (Wildman–Crippen MR) is 57.6 cm³/mol. The van der Waals surface area contributed by atoms with Crippen molar-refractivity contribution in [3.8, 4) is 0 Å². The maximum absolute atomic E-state index is 6.02. The Balaban J connectivity index is 2.42. The summed E-state index contributed by atoms with van der Waals surface area (Å²) in [6, 6.07) is 3.79. The van der Waals surface area contributed by atoms with Gasteiger partial charge in [-0.1, -0.05) is 11.6 Å². The van der Waals surface area contributed by atoms with Crippen molar-refractivity contribution in [3.05, 3.63) is 35.4 Å². The van der Waals surface area contributed by atoms with Gasteiger partial charge in [0, 0.05) is 12.6 Å². The van der Waals surface area contributed by atoms with Crippen LogP contribution in [0.15, 0.2) is 24.5 Å². The summed E-state index contributed by atoms with van der Waals surface area (Å²) in [4.78, 5) is 4.32. The second-order valence-corrected chi connectivity index (χ2v) is 3.59. The van der Waals surface area contributed by atoms with E-state index in [9.17, 15) is 0 Å². The molecule has 0 amide bonds. The van der Waals surface area contributed by atoms with Crippen molar-refractivity contribution in [1.29, 1.82) is 0 Å². The molecule has 0 saturated carbocycles. The molecule has 2 heterocycles. The Bertz CT molecular complexity index is 436. The topological polar surface area (TPSA) is 43.3 Å². The number of hydrogen-bond donors (Lipinski definition) is 1. The maximum Gasteiger partial charge on any atom is 0.113 e.